The van der Waals surface area contributed by atoms with Gasteiger partial charge in [0.2, 0.25) is 0 Å². The van der Waals surface area contributed by atoms with Crippen LogP contribution in [0.25, 0.3) is 0 Å². The third-order valence-electron chi connectivity index (χ3n) is 4.43. The molecule has 1 aromatic heterocycles. The number of benzene rings is 1. The van der Waals surface area contributed by atoms with Crippen molar-refractivity contribution in [1.82, 2.24) is 9.88 Å². The van der Waals surface area contributed by atoms with Gasteiger partial charge in [-0.25, -0.2) is 0 Å². The molecule has 1 aliphatic heterocycles. The zero-order chi connectivity index (χ0) is 17.1. The summed E-state index contributed by atoms with van der Waals surface area (Å²) in [5.41, 5.74) is 3.84. The fraction of sp³-hybridized carbons (Fsp3) is 0.368. The fourth-order valence-electron chi connectivity index (χ4n) is 3.07. The van der Waals surface area contributed by atoms with Crippen molar-refractivity contribution < 1.29 is 4.79 Å². The van der Waals surface area contributed by atoms with Crippen LogP contribution in [0.4, 0.5) is 5.69 Å². The molecule has 24 heavy (non-hydrogen) atoms. The Balaban J connectivity index is 1.70. The monoisotopic (exact) mass is 343 g/mol. The highest BCUT2D eigenvalue weighted by molar-refractivity contribution is 6.31. The van der Waals surface area contributed by atoms with Crippen molar-refractivity contribution in [2.24, 2.45) is 0 Å². The van der Waals surface area contributed by atoms with Crippen LogP contribution in [0.3, 0.4) is 0 Å². The minimum atomic E-state index is 0.0857. The Morgan fingerprint density at radius 1 is 1.08 bits per heavy atom. The number of nitrogens with zero attached hydrogens (tertiary/aromatic N) is 3. The molecule has 1 aromatic carbocycles. The van der Waals surface area contributed by atoms with Gasteiger partial charge in [-0.1, -0.05) is 11.6 Å². The normalized spacial score (nSPS) is 15.3. The number of hydrogen-bond donors (Lipinski definition) is 0. The van der Waals surface area contributed by atoms with E-state index in [4.69, 9.17) is 11.6 Å². The van der Waals surface area contributed by atoms with Crippen LogP contribution in [0.2, 0.25) is 5.02 Å². The summed E-state index contributed by atoms with van der Waals surface area (Å²) in [6.07, 6.45) is 2.80. The second kappa shape index (κ2) is 7.22. The molecule has 1 fully saturated rings. The number of carbonyl (C=O) groups is 1. The van der Waals surface area contributed by atoms with Gasteiger partial charge >= 0.3 is 0 Å². The van der Waals surface area contributed by atoms with Crippen LogP contribution in [-0.4, -0.2) is 42.0 Å². The number of aromatic nitrogens is 1. The van der Waals surface area contributed by atoms with Crippen LogP contribution in [0.15, 0.2) is 36.5 Å². The molecule has 2 aromatic rings. The molecule has 0 aliphatic carbocycles. The van der Waals surface area contributed by atoms with E-state index in [0.717, 1.165) is 43.9 Å². The second-order valence-corrected chi connectivity index (χ2v) is 6.66. The minimum absolute atomic E-state index is 0.0857. The molecule has 1 saturated heterocycles. The summed E-state index contributed by atoms with van der Waals surface area (Å²) in [6.45, 7) is 7.21. The Labute approximate surface area is 148 Å². The van der Waals surface area contributed by atoms with Crippen LogP contribution in [0, 0.1) is 13.8 Å². The predicted molar refractivity (Wildman–Crippen MR) is 97.9 cm³/mol. The van der Waals surface area contributed by atoms with Gasteiger partial charge in [0.25, 0.3) is 5.91 Å². The van der Waals surface area contributed by atoms with Crippen LogP contribution in [0.5, 0.6) is 0 Å². The summed E-state index contributed by atoms with van der Waals surface area (Å²) in [6, 6.07) is 9.62. The van der Waals surface area contributed by atoms with E-state index in [2.05, 4.69) is 16.0 Å². The van der Waals surface area contributed by atoms with Crippen LogP contribution >= 0.6 is 11.6 Å². The summed E-state index contributed by atoms with van der Waals surface area (Å²) in [5.74, 6) is 0.0857. The quantitative estimate of drug-likeness (QED) is 0.834. The van der Waals surface area contributed by atoms with Gasteiger partial charge in [-0.2, -0.15) is 0 Å². The van der Waals surface area contributed by atoms with Gasteiger partial charge in [0, 0.05) is 54.3 Å². The first-order valence-corrected chi connectivity index (χ1v) is 8.65. The van der Waals surface area contributed by atoms with E-state index in [1.54, 1.807) is 6.07 Å². The molecular formula is C19H22ClN3O. The summed E-state index contributed by atoms with van der Waals surface area (Å²) >= 11 is 6.06. The van der Waals surface area contributed by atoms with Crippen molar-refractivity contribution >= 4 is 23.2 Å². The molecule has 0 unspecified atom stereocenters. The topological polar surface area (TPSA) is 36.4 Å². The molecule has 1 amide bonds. The highest BCUT2D eigenvalue weighted by atomic mass is 35.5. The number of halogens is 1. The predicted octanol–water partition coefficient (Wildman–Crippen LogP) is 3.70. The van der Waals surface area contributed by atoms with Crippen LogP contribution < -0.4 is 4.90 Å². The van der Waals surface area contributed by atoms with E-state index in [9.17, 15) is 4.79 Å². The number of pyridine rings is 1. The van der Waals surface area contributed by atoms with E-state index in [0.29, 0.717) is 10.6 Å². The maximum Gasteiger partial charge on any atom is 0.253 e. The molecular weight excluding hydrogens is 322 g/mol. The molecule has 3 rings (SSSR count). The van der Waals surface area contributed by atoms with Crippen molar-refractivity contribution in [2.75, 3.05) is 31.1 Å². The Morgan fingerprint density at radius 2 is 1.92 bits per heavy atom. The maximum atomic E-state index is 12.8. The van der Waals surface area contributed by atoms with Crippen molar-refractivity contribution in [3.63, 3.8) is 0 Å². The molecule has 0 saturated carbocycles. The van der Waals surface area contributed by atoms with Gasteiger partial charge in [-0.3, -0.25) is 9.78 Å². The first-order valence-electron chi connectivity index (χ1n) is 8.27. The molecule has 0 spiro atoms. The number of aryl methyl sites for hydroxylation is 2. The standard InChI is InChI=1S/C19H22ClN3O/c1-14-12-16(4-5-18(14)20)19(24)23-9-3-8-22(10-11-23)17-6-7-21-15(2)13-17/h4-7,12-13H,3,8-11H2,1-2H3. The number of anilines is 1. The maximum absolute atomic E-state index is 12.8. The van der Waals surface area contributed by atoms with Crippen LogP contribution in [0.1, 0.15) is 28.0 Å². The SMILES string of the molecule is Cc1cc(N2CCCN(C(=O)c3ccc(Cl)c(C)c3)CC2)ccn1. The van der Waals surface area contributed by atoms with E-state index >= 15 is 0 Å². The lowest BCUT2D eigenvalue weighted by molar-refractivity contribution is 0.0767. The van der Waals surface area contributed by atoms with Crippen molar-refractivity contribution in [2.45, 2.75) is 20.3 Å². The minimum Gasteiger partial charge on any atom is -0.370 e. The van der Waals surface area contributed by atoms with E-state index in [1.165, 1.54) is 5.69 Å². The molecule has 4 nitrogen and oxygen atoms in total. The Morgan fingerprint density at radius 3 is 2.67 bits per heavy atom. The van der Waals surface area contributed by atoms with Gasteiger partial charge in [-0.15, -0.1) is 0 Å². The highest BCUT2D eigenvalue weighted by Crippen LogP contribution is 2.20. The lowest BCUT2D eigenvalue weighted by Crippen LogP contribution is -2.35. The summed E-state index contributed by atoms with van der Waals surface area (Å²) < 4.78 is 0. The zero-order valence-electron chi connectivity index (χ0n) is 14.1. The summed E-state index contributed by atoms with van der Waals surface area (Å²) in [7, 11) is 0. The lowest BCUT2D eigenvalue weighted by Gasteiger charge is -2.24. The Hall–Kier alpha value is -2.07. The molecule has 2 heterocycles. The molecule has 126 valence electrons. The molecule has 0 N–H and O–H groups in total. The zero-order valence-corrected chi connectivity index (χ0v) is 14.9. The van der Waals surface area contributed by atoms with Crippen LogP contribution in [-0.2, 0) is 0 Å². The van der Waals surface area contributed by atoms with E-state index in [1.807, 2.05) is 43.1 Å². The largest absolute Gasteiger partial charge is 0.370 e. The van der Waals surface area contributed by atoms with Gasteiger partial charge in [0.1, 0.15) is 0 Å². The first-order chi connectivity index (χ1) is 11.5. The third-order valence-corrected chi connectivity index (χ3v) is 4.86. The second-order valence-electron chi connectivity index (χ2n) is 6.25. The molecule has 0 radical (unpaired) electrons. The third kappa shape index (κ3) is 3.70. The smallest absolute Gasteiger partial charge is 0.253 e. The fourth-order valence-corrected chi connectivity index (χ4v) is 3.18. The lowest BCUT2D eigenvalue weighted by atomic mass is 10.1. The molecule has 0 bridgehead atoms. The molecule has 0 atom stereocenters. The van der Waals surface area contributed by atoms with Gasteiger partial charge in [0.05, 0.1) is 0 Å². The Kier molecular flexibility index (Phi) is 5.05. The first kappa shape index (κ1) is 16.8. The van der Waals surface area contributed by atoms with Gasteiger partial charge < -0.3 is 9.80 Å². The number of hydrogen-bond acceptors (Lipinski definition) is 3. The number of rotatable bonds is 2. The molecule has 1 aliphatic rings. The highest BCUT2D eigenvalue weighted by Gasteiger charge is 2.21. The van der Waals surface area contributed by atoms with Crippen molar-refractivity contribution in [1.29, 1.82) is 0 Å². The number of amides is 1. The van der Waals surface area contributed by atoms with E-state index in [-0.39, 0.29) is 5.91 Å². The summed E-state index contributed by atoms with van der Waals surface area (Å²) in [4.78, 5) is 21.3. The van der Waals surface area contributed by atoms with Gasteiger partial charge in [-0.05, 0) is 56.2 Å². The van der Waals surface area contributed by atoms with E-state index < -0.39 is 0 Å². The average molecular weight is 344 g/mol. The number of carbonyl (C=O) groups excluding carboxylic acids is 1. The van der Waals surface area contributed by atoms with Crippen molar-refractivity contribution in [3.05, 3.63) is 58.4 Å². The average Bonchev–Trinajstić information content (AvgIpc) is 2.83. The van der Waals surface area contributed by atoms with Gasteiger partial charge in [0.15, 0.2) is 0 Å². The summed E-state index contributed by atoms with van der Waals surface area (Å²) in [5, 5.41) is 0.696. The Bertz CT molecular complexity index is 747. The van der Waals surface area contributed by atoms with Crippen molar-refractivity contribution in [3.8, 4) is 0 Å². The molecule has 5 heteroatoms.